The van der Waals surface area contributed by atoms with Gasteiger partial charge in [0.25, 0.3) is 0 Å². The van der Waals surface area contributed by atoms with Crippen molar-refractivity contribution in [3.05, 3.63) is 47.6 Å². The zero-order valence-electron chi connectivity index (χ0n) is 7.11. The lowest BCUT2D eigenvalue weighted by atomic mass is 10.2. The highest BCUT2D eigenvalue weighted by Gasteiger charge is 2.05. The molecule has 0 saturated carbocycles. The molecule has 4 heteroatoms. The maximum atomic E-state index is 13.2. The highest BCUT2D eigenvalue weighted by atomic mass is 35.5. The molecule has 0 aliphatic rings. The third-order valence-electron chi connectivity index (χ3n) is 1.76. The van der Waals surface area contributed by atoms with Gasteiger partial charge in [0.15, 0.2) is 0 Å². The van der Waals surface area contributed by atoms with E-state index in [9.17, 15) is 4.39 Å². The Balaban J connectivity index is 2.50. The summed E-state index contributed by atoms with van der Waals surface area (Å²) < 4.78 is 13.2. The van der Waals surface area contributed by atoms with Crippen LogP contribution in [0, 0.1) is 5.95 Å². The molecule has 2 heterocycles. The minimum Gasteiger partial charge on any atom is -0.255 e. The summed E-state index contributed by atoms with van der Waals surface area (Å²) in [5.74, 6) is -0.526. The topological polar surface area (TPSA) is 25.8 Å². The minimum absolute atomic E-state index is 0.379. The van der Waals surface area contributed by atoms with Gasteiger partial charge in [-0.25, -0.2) is 4.98 Å². The van der Waals surface area contributed by atoms with E-state index in [-0.39, 0.29) is 0 Å². The molecule has 0 fully saturated rings. The van der Waals surface area contributed by atoms with E-state index < -0.39 is 5.95 Å². The predicted molar refractivity (Wildman–Crippen MR) is 52.4 cm³/mol. The molecule has 70 valence electrons. The number of nitrogens with zero attached hydrogens (tertiary/aromatic N) is 2. The van der Waals surface area contributed by atoms with E-state index >= 15 is 0 Å². The van der Waals surface area contributed by atoms with Gasteiger partial charge in [-0.2, -0.15) is 4.39 Å². The molecule has 2 rings (SSSR count). The molecule has 0 aliphatic carbocycles. The summed E-state index contributed by atoms with van der Waals surface area (Å²) in [6.07, 6.45) is 2.87. The fraction of sp³-hybridized carbons (Fsp3) is 0. The smallest absolute Gasteiger partial charge is 0.222 e. The second-order valence-corrected chi connectivity index (χ2v) is 3.14. The number of hydrogen-bond acceptors (Lipinski definition) is 2. The fourth-order valence-electron chi connectivity index (χ4n) is 1.11. The van der Waals surface area contributed by atoms with E-state index in [2.05, 4.69) is 9.97 Å². The van der Waals surface area contributed by atoms with Gasteiger partial charge < -0.3 is 0 Å². The number of rotatable bonds is 1. The lowest BCUT2D eigenvalue weighted by molar-refractivity contribution is 0.587. The molecule has 0 amide bonds. The van der Waals surface area contributed by atoms with Crippen LogP contribution >= 0.6 is 11.6 Å². The van der Waals surface area contributed by atoms with E-state index in [1.54, 1.807) is 24.3 Å². The molecular formula is C10H6ClFN2. The van der Waals surface area contributed by atoms with E-state index in [1.165, 1.54) is 12.4 Å². The Kier molecular flexibility index (Phi) is 2.41. The largest absolute Gasteiger partial charge is 0.255 e. The van der Waals surface area contributed by atoms with Crippen molar-refractivity contribution in [1.29, 1.82) is 0 Å². The van der Waals surface area contributed by atoms with Crippen molar-refractivity contribution in [3.8, 4) is 11.3 Å². The van der Waals surface area contributed by atoms with Gasteiger partial charge in [0.1, 0.15) is 0 Å². The highest BCUT2D eigenvalue weighted by molar-refractivity contribution is 6.30. The zero-order chi connectivity index (χ0) is 9.97. The van der Waals surface area contributed by atoms with Crippen LogP contribution in [0.25, 0.3) is 11.3 Å². The second-order valence-electron chi connectivity index (χ2n) is 2.70. The first-order valence-electron chi connectivity index (χ1n) is 4.00. The molecule has 2 aromatic heterocycles. The first-order valence-corrected chi connectivity index (χ1v) is 4.37. The van der Waals surface area contributed by atoms with Crippen LogP contribution in [0.4, 0.5) is 4.39 Å². The van der Waals surface area contributed by atoms with Crippen molar-refractivity contribution in [2.75, 3.05) is 0 Å². The van der Waals surface area contributed by atoms with Crippen LogP contribution in [0.5, 0.6) is 0 Å². The second kappa shape index (κ2) is 3.72. The molecule has 0 atom stereocenters. The summed E-state index contributed by atoms with van der Waals surface area (Å²) in [5.41, 5.74) is 0.907. The molecule has 0 aliphatic heterocycles. The van der Waals surface area contributed by atoms with Crippen LogP contribution in [-0.2, 0) is 0 Å². The molecule has 2 nitrogen and oxygen atoms in total. The number of halogens is 2. The Morgan fingerprint density at radius 3 is 2.64 bits per heavy atom. The number of aromatic nitrogens is 2. The molecule has 0 radical (unpaired) electrons. The summed E-state index contributed by atoms with van der Waals surface area (Å²) in [4.78, 5) is 7.54. The average Bonchev–Trinajstić information content (AvgIpc) is 2.20. The van der Waals surface area contributed by atoms with E-state index in [4.69, 9.17) is 11.6 Å². The van der Waals surface area contributed by atoms with Gasteiger partial charge in [-0.15, -0.1) is 0 Å². The van der Waals surface area contributed by atoms with Gasteiger partial charge in [-0.05, 0) is 24.3 Å². The third-order valence-corrected chi connectivity index (χ3v) is 1.99. The van der Waals surface area contributed by atoms with Crippen LogP contribution in [0.15, 0.2) is 36.7 Å². The highest BCUT2D eigenvalue weighted by Crippen LogP contribution is 2.19. The standard InChI is InChI=1S/C10H6ClFN2/c11-7-3-4-9(14-6-7)8-2-1-5-13-10(8)12/h1-6H. The average molecular weight is 209 g/mol. The first-order chi connectivity index (χ1) is 6.77. The van der Waals surface area contributed by atoms with Crippen molar-refractivity contribution in [2.24, 2.45) is 0 Å². The van der Waals surface area contributed by atoms with E-state index in [0.717, 1.165) is 0 Å². The lowest BCUT2D eigenvalue weighted by Gasteiger charge is -2.00. The fourth-order valence-corrected chi connectivity index (χ4v) is 1.22. The molecule has 0 unspecified atom stereocenters. The molecule has 2 aromatic rings. The van der Waals surface area contributed by atoms with Crippen LogP contribution in [0.2, 0.25) is 5.02 Å². The molecule has 0 bridgehead atoms. The predicted octanol–water partition coefficient (Wildman–Crippen LogP) is 2.94. The van der Waals surface area contributed by atoms with Crippen molar-refractivity contribution in [3.63, 3.8) is 0 Å². The molecule has 0 saturated heterocycles. The van der Waals surface area contributed by atoms with Gasteiger partial charge in [0, 0.05) is 12.4 Å². The maximum absolute atomic E-state index is 13.2. The van der Waals surface area contributed by atoms with Crippen molar-refractivity contribution >= 4 is 11.6 Å². The molecule has 0 spiro atoms. The van der Waals surface area contributed by atoms with Gasteiger partial charge in [0.2, 0.25) is 5.95 Å². The normalized spacial score (nSPS) is 10.1. The van der Waals surface area contributed by atoms with E-state index in [1.807, 2.05) is 0 Å². The maximum Gasteiger partial charge on any atom is 0.222 e. The Hall–Kier alpha value is -1.48. The summed E-state index contributed by atoms with van der Waals surface area (Å²) >= 11 is 5.67. The van der Waals surface area contributed by atoms with Crippen LogP contribution in [0.3, 0.4) is 0 Å². The van der Waals surface area contributed by atoms with Crippen molar-refractivity contribution < 1.29 is 4.39 Å². The van der Waals surface area contributed by atoms with Crippen molar-refractivity contribution in [1.82, 2.24) is 9.97 Å². The van der Waals surface area contributed by atoms with Gasteiger partial charge in [-0.3, -0.25) is 4.98 Å². The Bertz CT molecular complexity index is 442. The zero-order valence-corrected chi connectivity index (χ0v) is 7.87. The third kappa shape index (κ3) is 1.72. The molecule has 14 heavy (non-hydrogen) atoms. The van der Waals surface area contributed by atoms with Gasteiger partial charge >= 0.3 is 0 Å². The Morgan fingerprint density at radius 2 is 2.00 bits per heavy atom. The van der Waals surface area contributed by atoms with Gasteiger partial charge in [-0.1, -0.05) is 11.6 Å². The summed E-state index contributed by atoms with van der Waals surface area (Å²) in [5, 5.41) is 0.526. The Labute approximate surface area is 85.4 Å². The lowest BCUT2D eigenvalue weighted by Crippen LogP contribution is -1.89. The quantitative estimate of drug-likeness (QED) is 0.674. The van der Waals surface area contributed by atoms with Crippen LogP contribution in [-0.4, -0.2) is 9.97 Å². The molecular weight excluding hydrogens is 203 g/mol. The van der Waals surface area contributed by atoms with Crippen LogP contribution in [0.1, 0.15) is 0 Å². The summed E-state index contributed by atoms with van der Waals surface area (Å²) in [6, 6.07) is 6.60. The van der Waals surface area contributed by atoms with Crippen LogP contribution < -0.4 is 0 Å². The van der Waals surface area contributed by atoms with Gasteiger partial charge in [0.05, 0.1) is 16.3 Å². The first kappa shape index (κ1) is 9.09. The number of hydrogen-bond donors (Lipinski definition) is 0. The Morgan fingerprint density at radius 1 is 1.14 bits per heavy atom. The van der Waals surface area contributed by atoms with Crippen molar-refractivity contribution in [2.45, 2.75) is 0 Å². The molecule has 0 aromatic carbocycles. The monoisotopic (exact) mass is 208 g/mol. The van der Waals surface area contributed by atoms with E-state index in [0.29, 0.717) is 16.3 Å². The summed E-state index contributed by atoms with van der Waals surface area (Å²) in [7, 11) is 0. The molecule has 0 N–H and O–H groups in total. The minimum atomic E-state index is -0.526. The number of pyridine rings is 2. The SMILES string of the molecule is Fc1ncccc1-c1ccc(Cl)cn1. The summed E-state index contributed by atoms with van der Waals surface area (Å²) in [6.45, 7) is 0.